The van der Waals surface area contributed by atoms with Gasteiger partial charge in [-0.1, -0.05) is 42.5 Å². The zero-order chi connectivity index (χ0) is 26.6. The van der Waals surface area contributed by atoms with Crippen LogP contribution in [0.25, 0.3) is 6.08 Å². The van der Waals surface area contributed by atoms with Crippen LogP contribution in [0, 0.1) is 17.2 Å². The molecule has 2 N–H and O–H groups in total. The Balaban J connectivity index is 1.36. The van der Waals surface area contributed by atoms with Crippen molar-refractivity contribution in [1.82, 2.24) is 15.5 Å². The zero-order valence-corrected chi connectivity index (χ0v) is 21.5. The maximum atomic E-state index is 13.8. The molecule has 0 radical (unpaired) electrons. The third-order valence-electron chi connectivity index (χ3n) is 7.88. The van der Waals surface area contributed by atoms with E-state index in [1.54, 1.807) is 12.0 Å². The number of nitrogens with one attached hydrogen (secondary N) is 2. The summed E-state index contributed by atoms with van der Waals surface area (Å²) in [5.74, 6) is -0.193. The van der Waals surface area contributed by atoms with E-state index in [0.717, 1.165) is 23.1 Å². The maximum Gasteiger partial charge on any atom is 0.250 e. The Hall–Kier alpha value is -4.12. The number of methoxy groups -OCH3 is 1. The van der Waals surface area contributed by atoms with Gasteiger partial charge in [0.15, 0.2) is 0 Å². The number of amides is 3. The molecule has 4 atom stereocenters. The number of hydrogen-bond donors (Lipinski definition) is 2. The van der Waals surface area contributed by atoms with E-state index >= 15 is 0 Å². The average Bonchev–Trinajstić information content (AvgIpc) is 3.59. The molecule has 5 rings (SSSR count). The van der Waals surface area contributed by atoms with Crippen molar-refractivity contribution in [2.24, 2.45) is 5.92 Å². The van der Waals surface area contributed by atoms with Crippen molar-refractivity contribution in [3.63, 3.8) is 0 Å². The van der Waals surface area contributed by atoms with Crippen molar-refractivity contribution in [1.29, 1.82) is 5.26 Å². The first-order valence-electron chi connectivity index (χ1n) is 13.2. The van der Waals surface area contributed by atoms with Gasteiger partial charge in [-0.2, -0.15) is 5.26 Å². The Morgan fingerprint density at radius 3 is 2.76 bits per heavy atom. The number of nitriles is 1. The molecule has 2 saturated heterocycles. The van der Waals surface area contributed by atoms with Crippen molar-refractivity contribution in [2.75, 3.05) is 20.2 Å². The van der Waals surface area contributed by atoms with Crippen molar-refractivity contribution < 1.29 is 19.1 Å². The minimum Gasteiger partial charge on any atom is -0.496 e. The first-order valence-corrected chi connectivity index (χ1v) is 13.2. The lowest BCUT2D eigenvalue weighted by Gasteiger charge is -2.27. The van der Waals surface area contributed by atoms with Crippen LogP contribution in [0.1, 0.15) is 48.3 Å². The summed E-state index contributed by atoms with van der Waals surface area (Å²) in [4.78, 5) is 41.3. The smallest absolute Gasteiger partial charge is 0.250 e. The molecule has 2 aromatic rings. The van der Waals surface area contributed by atoms with Crippen LogP contribution in [-0.2, 0) is 20.8 Å². The standard InChI is InChI=1S/C30H32N4O4/c1-38-27-11-5-9-20-13-22(15-25(20)27)30(37)34-18-23(19-7-3-2-4-8-19)16-26(34)29(36)33-24(17-31)14-21-10-6-12-32-28(21)35/h2-5,7-9,11,15,21,23-24,26H,6,10,12-14,16,18H2,1H3,(H,32,35)(H,33,36). The summed E-state index contributed by atoms with van der Waals surface area (Å²) in [7, 11) is 1.61. The number of rotatable bonds is 7. The molecule has 0 saturated carbocycles. The SMILES string of the molecule is COc1cccc2c1C=C(C(=O)N1CC(c3ccccc3)CC1C(=O)NC(C#N)CC1CCCNC1=O)C2. The van der Waals surface area contributed by atoms with Crippen molar-refractivity contribution in [3.8, 4) is 11.8 Å². The Bertz CT molecular complexity index is 1300. The summed E-state index contributed by atoms with van der Waals surface area (Å²) in [6, 6.07) is 16.3. The molecule has 0 aromatic heterocycles. The number of nitrogens with zero attached hydrogens (tertiary/aromatic N) is 2. The highest BCUT2D eigenvalue weighted by Gasteiger charge is 2.42. The van der Waals surface area contributed by atoms with Gasteiger partial charge in [-0.05, 0) is 49.0 Å². The molecular formula is C30H32N4O4. The second kappa shape index (κ2) is 11.1. The Morgan fingerprint density at radius 2 is 2.03 bits per heavy atom. The number of piperidine rings is 1. The first kappa shape index (κ1) is 25.5. The normalized spacial score (nSPS) is 23.1. The molecule has 8 heteroatoms. The number of carbonyl (C=O) groups is 3. The van der Waals surface area contributed by atoms with E-state index in [0.29, 0.717) is 43.7 Å². The van der Waals surface area contributed by atoms with Crippen LogP contribution in [-0.4, -0.2) is 54.9 Å². The molecule has 196 valence electrons. The average molecular weight is 513 g/mol. The minimum absolute atomic E-state index is 0.000488. The third-order valence-corrected chi connectivity index (χ3v) is 7.88. The van der Waals surface area contributed by atoms with Gasteiger partial charge in [0.05, 0.1) is 13.2 Å². The Labute approximate surface area is 222 Å². The summed E-state index contributed by atoms with van der Waals surface area (Å²) < 4.78 is 5.48. The molecule has 3 aliphatic rings. The summed E-state index contributed by atoms with van der Waals surface area (Å²) >= 11 is 0. The van der Waals surface area contributed by atoms with Crippen LogP contribution in [0.5, 0.6) is 5.75 Å². The first-order chi connectivity index (χ1) is 18.5. The van der Waals surface area contributed by atoms with Gasteiger partial charge in [-0.15, -0.1) is 0 Å². The van der Waals surface area contributed by atoms with Gasteiger partial charge < -0.3 is 20.3 Å². The van der Waals surface area contributed by atoms with Gasteiger partial charge in [-0.25, -0.2) is 0 Å². The van der Waals surface area contributed by atoms with E-state index < -0.39 is 12.1 Å². The summed E-state index contributed by atoms with van der Waals surface area (Å²) in [5.41, 5.74) is 3.60. The highest BCUT2D eigenvalue weighted by Crippen LogP contribution is 2.37. The summed E-state index contributed by atoms with van der Waals surface area (Å²) in [5, 5.41) is 15.4. The largest absolute Gasteiger partial charge is 0.496 e. The predicted molar refractivity (Wildman–Crippen MR) is 142 cm³/mol. The number of ether oxygens (including phenoxy) is 1. The van der Waals surface area contributed by atoms with Gasteiger partial charge in [0.25, 0.3) is 5.91 Å². The fraction of sp³-hybridized carbons (Fsp3) is 0.400. The van der Waals surface area contributed by atoms with Gasteiger partial charge in [0.1, 0.15) is 17.8 Å². The van der Waals surface area contributed by atoms with Crippen molar-refractivity contribution >= 4 is 23.8 Å². The molecule has 1 aliphatic carbocycles. The molecule has 0 spiro atoms. The van der Waals surface area contributed by atoms with Crippen LogP contribution < -0.4 is 15.4 Å². The lowest BCUT2D eigenvalue weighted by Crippen LogP contribution is -2.50. The molecule has 8 nitrogen and oxygen atoms in total. The van der Waals surface area contributed by atoms with Gasteiger partial charge >= 0.3 is 0 Å². The molecule has 38 heavy (non-hydrogen) atoms. The molecule has 2 fully saturated rings. The second-order valence-corrected chi connectivity index (χ2v) is 10.3. The quantitative estimate of drug-likeness (QED) is 0.593. The molecule has 2 aliphatic heterocycles. The van der Waals surface area contributed by atoms with E-state index in [1.165, 1.54) is 0 Å². The number of likely N-dealkylation sites (tertiary alicyclic amines) is 1. The zero-order valence-electron chi connectivity index (χ0n) is 21.5. The fourth-order valence-corrected chi connectivity index (χ4v) is 5.87. The minimum atomic E-state index is -0.803. The Kier molecular flexibility index (Phi) is 7.45. The molecule has 4 unspecified atom stereocenters. The number of hydrogen-bond acceptors (Lipinski definition) is 5. The van der Waals surface area contributed by atoms with E-state index in [9.17, 15) is 19.6 Å². The number of carbonyl (C=O) groups excluding carboxylic acids is 3. The van der Waals surface area contributed by atoms with E-state index in [2.05, 4.69) is 16.7 Å². The summed E-state index contributed by atoms with van der Waals surface area (Å²) in [6.45, 7) is 1.05. The number of fused-ring (bicyclic) bond motifs is 1. The van der Waals surface area contributed by atoms with Gasteiger partial charge in [-0.3, -0.25) is 14.4 Å². The highest BCUT2D eigenvalue weighted by molar-refractivity contribution is 6.03. The van der Waals surface area contributed by atoms with Crippen molar-refractivity contribution in [3.05, 3.63) is 70.8 Å². The van der Waals surface area contributed by atoms with Crippen LogP contribution in [0.3, 0.4) is 0 Å². The molecule has 2 heterocycles. The van der Waals surface area contributed by atoms with Crippen LogP contribution >= 0.6 is 0 Å². The van der Waals surface area contributed by atoms with E-state index in [-0.39, 0.29) is 36.0 Å². The summed E-state index contributed by atoms with van der Waals surface area (Å²) in [6.07, 6.45) is 4.62. The Morgan fingerprint density at radius 1 is 1.21 bits per heavy atom. The van der Waals surface area contributed by atoms with Gasteiger partial charge in [0, 0.05) is 42.5 Å². The van der Waals surface area contributed by atoms with Crippen LogP contribution in [0.4, 0.5) is 0 Å². The lowest BCUT2D eigenvalue weighted by molar-refractivity contribution is -0.136. The van der Waals surface area contributed by atoms with Crippen molar-refractivity contribution in [2.45, 2.75) is 50.1 Å². The predicted octanol–water partition coefficient (Wildman–Crippen LogP) is 2.94. The molecule has 0 bridgehead atoms. The third kappa shape index (κ3) is 5.14. The maximum absolute atomic E-state index is 13.8. The van der Waals surface area contributed by atoms with Gasteiger partial charge in [0.2, 0.25) is 11.8 Å². The van der Waals surface area contributed by atoms with Crippen LogP contribution in [0.2, 0.25) is 0 Å². The second-order valence-electron chi connectivity index (χ2n) is 10.3. The topological polar surface area (TPSA) is 112 Å². The van der Waals surface area contributed by atoms with Crippen LogP contribution in [0.15, 0.2) is 54.1 Å². The highest BCUT2D eigenvalue weighted by atomic mass is 16.5. The van der Waals surface area contributed by atoms with E-state index in [1.807, 2.05) is 54.6 Å². The molecular weight excluding hydrogens is 480 g/mol. The number of benzene rings is 2. The fourth-order valence-electron chi connectivity index (χ4n) is 5.87. The lowest BCUT2D eigenvalue weighted by atomic mass is 9.91. The molecule has 3 amide bonds. The monoisotopic (exact) mass is 512 g/mol. The molecule has 2 aromatic carbocycles. The van der Waals surface area contributed by atoms with E-state index in [4.69, 9.17) is 4.74 Å².